The number of nitrogens with zero attached hydrogens (tertiary/aromatic N) is 3. The summed E-state index contributed by atoms with van der Waals surface area (Å²) in [6, 6.07) is 0. The van der Waals surface area contributed by atoms with Crippen molar-refractivity contribution in [2.45, 2.75) is 27.2 Å². The Hall–Kier alpha value is -1.36. The van der Waals surface area contributed by atoms with Gasteiger partial charge < -0.3 is 15.0 Å². The molecule has 1 aromatic rings. The number of nitrogens with one attached hydrogen (secondary N) is 1. The first kappa shape index (κ1) is 14.7. The van der Waals surface area contributed by atoms with Crippen molar-refractivity contribution in [2.75, 3.05) is 37.7 Å². The van der Waals surface area contributed by atoms with E-state index in [1.165, 1.54) is 0 Å². The zero-order valence-electron chi connectivity index (χ0n) is 11.6. The van der Waals surface area contributed by atoms with Crippen molar-refractivity contribution in [1.82, 2.24) is 15.3 Å². The van der Waals surface area contributed by atoms with Crippen LogP contribution in [0.4, 0.5) is 5.82 Å². The maximum atomic E-state index is 5.50. The van der Waals surface area contributed by atoms with Crippen LogP contribution in [0.25, 0.3) is 0 Å². The van der Waals surface area contributed by atoms with Gasteiger partial charge in [-0.1, -0.05) is 13.8 Å². The molecule has 0 fully saturated rings. The van der Waals surface area contributed by atoms with E-state index in [0.717, 1.165) is 38.4 Å². The van der Waals surface area contributed by atoms with Gasteiger partial charge in [-0.3, -0.25) is 4.98 Å². The number of aromatic nitrogens is 2. The largest absolute Gasteiger partial charge is 0.477 e. The van der Waals surface area contributed by atoms with Crippen molar-refractivity contribution in [2.24, 2.45) is 0 Å². The van der Waals surface area contributed by atoms with E-state index in [0.29, 0.717) is 12.5 Å². The lowest BCUT2D eigenvalue weighted by molar-refractivity contribution is 0.304. The van der Waals surface area contributed by atoms with E-state index in [4.69, 9.17) is 4.74 Å². The highest BCUT2D eigenvalue weighted by atomic mass is 16.5. The van der Waals surface area contributed by atoms with Gasteiger partial charge in [0.1, 0.15) is 0 Å². The summed E-state index contributed by atoms with van der Waals surface area (Å²) in [6.07, 6.45) is 4.43. The Morgan fingerprint density at radius 2 is 2.11 bits per heavy atom. The van der Waals surface area contributed by atoms with Crippen LogP contribution in [0.15, 0.2) is 12.4 Å². The first-order valence-corrected chi connectivity index (χ1v) is 6.72. The Labute approximate surface area is 110 Å². The van der Waals surface area contributed by atoms with Crippen molar-refractivity contribution in [3.63, 3.8) is 0 Å². The molecule has 0 aliphatic heterocycles. The zero-order valence-corrected chi connectivity index (χ0v) is 11.6. The minimum absolute atomic E-state index is 0.608. The van der Waals surface area contributed by atoms with Crippen molar-refractivity contribution < 1.29 is 4.74 Å². The summed E-state index contributed by atoms with van der Waals surface area (Å²) in [5, 5.41) is 3.31. The number of likely N-dealkylation sites (N-methyl/N-ethyl adjacent to an activating group) is 2. The quantitative estimate of drug-likeness (QED) is 0.678. The van der Waals surface area contributed by atoms with Gasteiger partial charge in [-0.05, 0) is 19.9 Å². The molecule has 0 spiro atoms. The van der Waals surface area contributed by atoms with Gasteiger partial charge in [-0.15, -0.1) is 0 Å². The molecule has 0 aliphatic carbocycles. The fraction of sp³-hybridized carbons (Fsp3) is 0.692. The highest BCUT2D eigenvalue weighted by molar-refractivity contribution is 5.37. The smallest absolute Gasteiger partial charge is 0.234 e. The first-order valence-electron chi connectivity index (χ1n) is 6.72. The monoisotopic (exact) mass is 252 g/mol. The third kappa shape index (κ3) is 4.87. The maximum Gasteiger partial charge on any atom is 0.234 e. The van der Waals surface area contributed by atoms with Crippen LogP contribution in [0.3, 0.4) is 0 Å². The predicted octanol–water partition coefficient (Wildman–Crippen LogP) is 1.70. The molecule has 0 bridgehead atoms. The van der Waals surface area contributed by atoms with Crippen LogP contribution in [-0.2, 0) is 0 Å². The molecule has 0 aromatic carbocycles. The summed E-state index contributed by atoms with van der Waals surface area (Å²) in [4.78, 5) is 10.8. The maximum absolute atomic E-state index is 5.50. The predicted molar refractivity (Wildman–Crippen MR) is 74.2 cm³/mol. The third-order valence-corrected chi connectivity index (χ3v) is 2.57. The van der Waals surface area contributed by atoms with Crippen molar-refractivity contribution >= 4 is 5.82 Å². The topological polar surface area (TPSA) is 50.3 Å². The molecule has 0 aliphatic rings. The summed E-state index contributed by atoms with van der Waals surface area (Å²) in [7, 11) is 0. The lowest BCUT2D eigenvalue weighted by Gasteiger charge is -2.21. The minimum Gasteiger partial charge on any atom is -0.477 e. The second-order valence-corrected chi connectivity index (χ2v) is 4.00. The molecule has 1 heterocycles. The van der Waals surface area contributed by atoms with E-state index in [-0.39, 0.29) is 0 Å². The fourth-order valence-corrected chi connectivity index (χ4v) is 1.59. The molecule has 1 N–H and O–H groups in total. The van der Waals surface area contributed by atoms with Crippen molar-refractivity contribution in [1.29, 1.82) is 0 Å². The number of anilines is 1. The lowest BCUT2D eigenvalue weighted by atomic mass is 10.4. The SMILES string of the molecule is CCCOc1cncc(N(CC)CCNCC)n1. The summed E-state index contributed by atoms with van der Waals surface area (Å²) in [6.45, 7) is 10.8. The van der Waals surface area contributed by atoms with Crippen LogP contribution < -0.4 is 15.0 Å². The van der Waals surface area contributed by atoms with Gasteiger partial charge in [-0.25, -0.2) is 0 Å². The first-order chi connectivity index (χ1) is 8.81. The number of hydrogen-bond donors (Lipinski definition) is 1. The van der Waals surface area contributed by atoms with E-state index in [9.17, 15) is 0 Å². The van der Waals surface area contributed by atoms with Gasteiger partial charge in [0.05, 0.1) is 19.0 Å². The molecule has 0 saturated heterocycles. The summed E-state index contributed by atoms with van der Waals surface area (Å²) >= 11 is 0. The number of ether oxygens (including phenoxy) is 1. The molecule has 102 valence electrons. The van der Waals surface area contributed by atoms with Gasteiger partial charge in [0.2, 0.25) is 5.88 Å². The van der Waals surface area contributed by atoms with Gasteiger partial charge in [0.15, 0.2) is 5.82 Å². The molecule has 18 heavy (non-hydrogen) atoms. The zero-order chi connectivity index (χ0) is 13.2. The summed E-state index contributed by atoms with van der Waals surface area (Å²) < 4.78 is 5.50. The average molecular weight is 252 g/mol. The van der Waals surface area contributed by atoms with E-state index in [2.05, 4.69) is 41.0 Å². The highest BCUT2D eigenvalue weighted by Gasteiger charge is 2.07. The average Bonchev–Trinajstić information content (AvgIpc) is 2.42. The molecular weight excluding hydrogens is 228 g/mol. The molecule has 1 aromatic heterocycles. The van der Waals surface area contributed by atoms with Crippen LogP contribution in [0.5, 0.6) is 5.88 Å². The van der Waals surface area contributed by atoms with E-state index >= 15 is 0 Å². The minimum atomic E-state index is 0.608. The Morgan fingerprint density at radius 1 is 1.28 bits per heavy atom. The van der Waals surface area contributed by atoms with E-state index in [1.54, 1.807) is 12.4 Å². The van der Waals surface area contributed by atoms with E-state index in [1.807, 2.05) is 0 Å². The number of rotatable bonds is 9. The second kappa shape index (κ2) is 8.69. The third-order valence-electron chi connectivity index (χ3n) is 2.57. The molecule has 0 unspecified atom stereocenters. The second-order valence-electron chi connectivity index (χ2n) is 4.00. The van der Waals surface area contributed by atoms with Crippen LogP contribution >= 0.6 is 0 Å². The van der Waals surface area contributed by atoms with E-state index < -0.39 is 0 Å². The van der Waals surface area contributed by atoms with Gasteiger partial charge in [-0.2, -0.15) is 4.98 Å². The molecular formula is C13H24N4O. The Bertz CT molecular complexity index is 333. The normalized spacial score (nSPS) is 10.4. The van der Waals surface area contributed by atoms with Crippen LogP contribution in [0.2, 0.25) is 0 Å². The van der Waals surface area contributed by atoms with Crippen LogP contribution in [-0.4, -0.2) is 42.8 Å². The molecule has 0 amide bonds. The van der Waals surface area contributed by atoms with Crippen molar-refractivity contribution in [3.8, 4) is 5.88 Å². The molecule has 0 radical (unpaired) electrons. The highest BCUT2D eigenvalue weighted by Crippen LogP contribution is 2.13. The van der Waals surface area contributed by atoms with Crippen molar-refractivity contribution in [3.05, 3.63) is 12.4 Å². The summed E-state index contributed by atoms with van der Waals surface area (Å²) in [5.74, 6) is 1.49. The fourth-order valence-electron chi connectivity index (χ4n) is 1.59. The Morgan fingerprint density at radius 3 is 2.78 bits per heavy atom. The van der Waals surface area contributed by atoms with Gasteiger partial charge in [0.25, 0.3) is 0 Å². The van der Waals surface area contributed by atoms with Crippen LogP contribution in [0.1, 0.15) is 27.2 Å². The number of hydrogen-bond acceptors (Lipinski definition) is 5. The molecule has 0 atom stereocenters. The Kier molecular flexibility index (Phi) is 7.10. The molecule has 5 heteroatoms. The molecule has 1 rings (SSSR count). The summed E-state index contributed by atoms with van der Waals surface area (Å²) in [5.41, 5.74) is 0. The van der Waals surface area contributed by atoms with Gasteiger partial charge >= 0.3 is 0 Å². The van der Waals surface area contributed by atoms with Crippen LogP contribution in [0, 0.1) is 0 Å². The molecule has 0 saturated carbocycles. The lowest BCUT2D eigenvalue weighted by Crippen LogP contribution is -2.32. The molecule has 5 nitrogen and oxygen atoms in total. The van der Waals surface area contributed by atoms with Gasteiger partial charge in [0, 0.05) is 19.6 Å². The Balaban J connectivity index is 2.60. The standard InChI is InChI=1S/C13H24N4O/c1-4-9-18-13-11-15-10-12(16-13)17(6-3)8-7-14-5-2/h10-11,14H,4-9H2,1-3H3.